The molecule has 0 saturated heterocycles. The Balaban J connectivity index is 1.73. The molecule has 0 aromatic carbocycles. The molecular formula is C13H18ClN3O2S. The van der Waals surface area contributed by atoms with E-state index in [9.17, 15) is 8.42 Å². The maximum Gasteiger partial charge on any atom is 0.242 e. The van der Waals surface area contributed by atoms with Crippen molar-refractivity contribution in [2.24, 2.45) is 11.3 Å². The summed E-state index contributed by atoms with van der Waals surface area (Å²) in [5.74, 6) is 1.20. The summed E-state index contributed by atoms with van der Waals surface area (Å²) >= 11 is 5.98. The van der Waals surface area contributed by atoms with E-state index in [2.05, 4.69) is 15.0 Å². The number of sulfonamides is 1. The molecule has 0 spiro atoms. The van der Waals surface area contributed by atoms with Crippen LogP contribution in [0.15, 0.2) is 17.2 Å². The van der Waals surface area contributed by atoms with E-state index < -0.39 is 10.0 Å². The summed E-state index contributed by atoms with van der Waals surface area (Å²) in [5, 5.41) is 3.11. The Morgan fingerprint density at radius 3 is 2.65 bits per heavy atom. The van der Waals surface area contributed by atoms with Crippen molar-refractivity contribution in [2.75, 3.05) is 18.9 Å². The van der Waals surface area contributed by atoms with E-state index in [-0.39, 0.29) is 10.3 Å². The average molecular weight is 316 g/mol. The van der Waals surface area contributed by atoms with Crippen molar-refractivity contribution in [3.63, 3.8) is 0 Å². The molecule has 3 rings (SSSR count). The smallest absolute Gasteiger partial charge is 0.242 e. The summed E-state index contributed by atoms with van der Waals surface area (Å²) in [6, 6.07) is 1.43. The highest BCUT2D eigenvalue weighted by atomic mass is 35.5. The number of nitrogens with zero attached hydrogens (tertiary/aromatic N) is 1. The summed E-state index contributed by atoms with van der Waals surface area (Å²) in [4.78, 5) is 4.13. The fourth-order valence-corrected chi connectivity index (χ4v) is 4.09. The van der Waals surface area contributed by atoms with Crippen molar-refractivity contribution < 1.29 is 8.42 Å². The van der Waals surface area contributed by atoms with Crippen LogP contribution in [0, 0.1) is 11.3 Å². The van der Waals surface area contributed by atoms with E-state index in [0.717, 1.165) is 18.8 Å². The normalized spacial score (nSPS) is 20.7. The van der Waals surface area contributed by atoms with Crippen molar-refractivity contribution in [1.29, 1.82) is 0 Å². The van der Waals surface area contributed by atoms with Crippen molar-refractivity contribution in [3.8, 4) is 0 Å². The Bertz CT molecular complexity index is 625. The summed E-state index contributed by atoms with van der Waals surface area (Å²) in [6.07, 6.45) is 6.09. The predicted molar refractivity (Wildman–Crippen MR) is 78.4 cm³/mol. The van der Waals surface area contributed by atoms with Gasteiger partial charge in [0.1, 0.15) is 10.7 Å². The lowest BCUT2D eigenvalue weighted by Gasteiger charge is -2.15. The summed E-state index contributed by atoms with van der Waals surface area (Å²) in [5.41, 5.74) is 0.231. The van der Waals surface area contributed by atoms with Crippen LogP contribution in [-0.4, -0.2) is 27.0 Å². The summed E-state index contributed by atoms with van der Waals surface area (Å²) < 4.78 is 27.3. The van der Waals surface area contributed by atoms with Crippen LogP contribution < -0.4 is 10.0 Å². The quantitative estimate of drug-likeness (QED) is 0.844. The van der Waals surface area contributed by atoms with Crippen LogP contribution in [0.4, 0.5) is 5.82 Å². The number of pyridine rings is 1. The molecule has 0 aliphatic heterocycles. The first-order chi connectivity index (χ1) is 9.47. The minimum atomic E-state index is -3.53. The van der Waals surface area contributed by atoms with Gasteiger partial charge in [0.2, 0.25) is 10.0 Å². The third kappa shape index (κ3) is 2.64. The van der Waals surface area contributed by atoms with Crippen LogP contribution >= 0.6 is 11.6 Å². The first-order valence-electron chi connectivity index (χ1n) is 6.80. The van der Waals surface area contributed by atoms with E-state index in [4.69, 9.17) is 11.6 Å². The van der Waals surface area contributed by atoms with Gasteiger partial charge in [-0.1, -0.05) is 11.6 Å². The SMILES string of the molecule is CNc1ncc(S(=O)(=O)NCC2(C3CC3)CC2)cc1Cl. The van der Waals surface area contributed by atoms with Crippen LogP contribution in [-0.2, 0) is 10.0 Å². The predicted octanol–water partition coefficient (Wildman–Crippen LogP) is 2.25. The molecule has 0 unspecified atom stereocenters. The van der Waals surface area contributed by atoms with Crippen LogP contribution in [0.25, 0.3) is 0 Å². The lowest BCUT2D eigenvalue weighted by Crippen LogP contribution is -2.31. The lowest BCUT2D eigenvalue weighted by atomic mass is 10.0. The standard InChI is InChI=1S/C13H18ClN3O2S/c1-15-12-11(14)6-10(7-16-12)20(18,19)17-8-13(4-5-13)9-2-3-9/h6-7,9,17H,2-5,8H2,1H3,(H,15,16). The zero-order chi connectivity index (χ0) is 14.4. The highest BCUT2D eigenvalue weighted by Gasteiger charge is 2.53. The van der Waals surface area contributed by atoms with E-state index in [1.807, 2.05) is 0 Å². The third-order valence-corrected chi connectivity index (χ3v) is 5.97. The van der Waals surface area contributed by atoms with E-state index in [1.54, 1.807) is 7.05 Å². The number of rotatable bonds is 6. The van der Waals surface area contributed by atoms with E-state index in [1.165, 1.54) is 25.1 Å². The molecule has 7 heteroatoms. The molecule has 1 heterocycles. The van der Waals surface area contributed by atoms with Gasteiger partial charge >= 0.3 is 0 Å². The second kappa shape index (κ2) is 4.86. The number of nitrogens with one attached hydrogen (secondary N) is 2. The van der Waals surface area contributed by atoms with Crippen LogP contribution in [0.5, 0.6) is 0 Å². The topological polar surface area (TPSA) is 71.1 Å². The molecule has 1 aromatic heterocycles. The molecule has 2 N–H and O–H groups in total. The molecule has 110 valence electrons. The van der Waals surface area contributed by atoms with Gasteiger partial charge < -0.3 is 5.32 Å². The monoisotopic (exact) mass is 315 g/mol. The maximum absolute atomic E-state index is 12.3. The van der Waals surface area contributed by atoms with Gasteiger partial charge in [0.25, 0.3) is 0 Å². The Labute approximate surface area is 124 Å². The third-order valence-electron chi connectivity index (χ3n) is 4.31. The van der Waals surface area contributed by atoms with Gasteiger partial charge in [-0.25, -0.2) is 18.1 Å². The van der Waals surface area contributed by atoms with Gasteiger partial charge in [0, 0.05) is 19.8 Å². The van der Waals surface area contributed by atoms with Crippen LogP contribution in [0.3, 0.4) is 0 Å². The Kier molecular flexibility index (Phi) is 3.43. The minimum absolute atomic E-state index is 0.119. The van der Waals surface area contributed by atoms with Crippen LogP contribution in [0.2, 0.25) is 5.02 Å². The Morgan fingerprint density at radius 2 is 2.15 bits per heavy atom. The molecular weight excluding hydrogens is 298 g/mol. The second-order valence-corrected chi connectivity index (χ2v) is 7.89. The van der Waals surface area contributed by atoms with Gasteiger partial charge in [0.05, 0.1) is 5.02 Å². The molecule has 2 aliphatic rings. The van der Waals surface area contributed by atoms with E-state index in [0.29, 0.717) is 17.4 Å². The molecule has 0 atom stereocenters. The summed E-state index contributed by atoms with van der Waals surface area (Å²) in [7, 11) is -1.84. The molecule has 2 aliphatic carbocycles. The van der Waals surface area contributed by atoms with Crippen molar-refractivity contribution in [1.82, 2.24) is 9.71 Å². The van der Waals surface area contributed by atoms with Gasteiger partial charge in [-0.3, -0.25) is 0 Å². The lowest BCUT2D eigenvalue weighted by molar-refractivity contribution is 0.432. The van der Waals surface area contributed by atoms with Crippen molar-refractivity contribution in [3.05, 3.63) is 17.3 Å². The molecule has 0 bridgehead atoms. The minimum Gasteiger partial charge on any atom is -0.372 e. The van der Waals surface area contributed by atoms with Crippen molar-refractivity contribution in [2.45, 2.75) is 30.6 Å². The molecule has 2 saturated carbocycles. The highest BCUT2D eigenvalue weighted by molar-refractivity contribution is 7.89. The van der Waals surface area contributed by atoms with Crippen LogP contribution in [0.1, 0.15) is 25.7 Å². The average Bonchev–Trinajstić information content (AvgIpc) is 3.28. The Hall–Kier alpha value is -0.850. The molecule has 20 heavy (non-hydrogen) atoms. The highest BCUT2D eigenvalue weighted by Crippen LogP contribution is 2.60. The van der Waals surface area contributed by atoms with Gasteiger partial charge in [-0.15, -0.1) is 0 Å². The first kappa shape index (κ1) is 14.1. The van der Waals surface area contributed by atoms with E-state index >= 15 is 0 Å². The maximum atomic E-state index is 12.3. The number of hydrogen-bond donors (Lipinski definition) is 2. The molecule has 2 fully saturated rings. The first-order valence-corrected chi connectivity index (χ1v) is 8.66. The number of aromatic nitrogens is 1. The van der Waals surface area contributed by atoms with Gasteiger partial charge in [0.15, 0.2) is 0 Å². The second-order valence-electron chi connectivity index (χ2n) is 5.71. The molecule has 0 radical (unpaired) electrons. The number of halogens is 1. The molecule has 0 amide bonds. The fraction of sp³-hybridized carbons (Fsp3) is 0.615. The number of anilines is 1. The van der Waals surface area contributed by atoms with Crippen molar-refractivity contribution >= 4 is 27.4 Å². The molecule has 5 nitrogen and oxygen atoms in total. The zero-order valence-corrected chi connectivity index (χ0v) is 12.9. The number of hydrogen-bond acceptors (Lipinski definition) is 4. The molecule has 1 aromatic rings. The van der Waals surface area contributed by atoms with Gasteiger partial charge in [-0.2, -0.15) is 0 Å². The Morgan fingerprint density at radius 1 is 1.45 bits per heavy atom. The zero-order valence-electron chi connectivity index (χ0n) is 11.3. The fourth-order valence-electron chi connectivity index (χ4n) is 2.66. The summed E-state index contributed by atoms with van der Waals surface area (Å²) in [6.45, 7) is 0.533. The largest absolute Gasteiger partial charge is 0.372 e. The van der Waals surface area contributed by atoms with Gasteiger partial charge in [-0.05, 0) is 43.1 Å².